The zero-order valence-corrected chi connectivity index (χ0v) is 27.7. The van der Waals surface area contributed by atoms with Crippen molar-refractivity contribution in [2.75, 3.05) is 28.1 Å². The zero-order chi connectivity index (χ0) is 34.3. The van der Waals surface area contributed by atoms with Crippen LogP contribution < -0.4 is 23.7 Å². The number of benzene rings is 5. The number of hydrogen-bond acceptors (Lipinski definition) is 10. The van der Waals surface area contributed by atoms with Crippen LogP contribution in [0.4, 0.5) is 9.59 Å². The maximum atomic E-state index is 13.5. The summed E-state index contributed by atoms with van der Waals surface area (Å²) in [5.74, 6) is 1.49. The Labute approximate surface area is 284 Å². The Bertz CT molecular complexity index is 1950. The van der Waals surface area contributed by atoms with E-state index >= 15 is 0 Å². The number of ether oxygens (including phenoxy) is 8. The van der Waals surface area contributed by atoms with Gasteiger partial charge in [0.2, 0.25) is 0 Å². The summed E-state index contributed by atoms with van der Waals surface area (Å²) in [5, 5.41) is 0.639. The molecule has 1 aliphatic carbocycles. The fourth-order valence-electron chi connectivity index (χ4n) is 6.06. The van der Waals surface area contributed by atoms with Gasteiger partial charge in [-0.25, -0.2) is 9.59 Å². The fraction of sp³-hybridized carbons (Fsp3) is 0.231. The highest BCUT2D eigenvalue weighted by Gasteiger charge is 2.35. The highest BCUT2D eigenvalue weighted by atomic mass is 16.7. The quantitative estimate of drug-likeness (QED) is 0.0777. The van der Waals surface area contributed by atoms with Crippen LogP contribution in [0, 0.1) is 6.92 Å². The smallest absolute Gasteiger partial charge is 0.496 e. The molecule has 5 aromatic carbocycles. The van der Waals surface area contributed by atoms with Crippen molar-refractivity contribution in [3.63, 3.8) is 0 Å². The summed E-state index contributed by atoms with van der Waals surface area (Å²) in [6.45, 7) is 1.86. The van der Waals surface area contributed by atoms with Gasteiger partial charge in [0.15, 0.2) is 12.5 Å². The first kappa shape index (κ1) is 33.2. The van der Waals surface area contributed by atoms with Crippen LogP contribution in [0.15, 0.2) is 84.9 Å². The van der Waals surface area contributed by atoms with Gasteiger partial charge in [0, 0.05) is 23.8 Å². The molecule has 0 spiro atoms. The molecule has 252 valence electrons. The molecule has 0 bridgehead atoms. The van der Waals surface area contributed by atoms with Gasteiger partial charge < -0.3 is 37.9 Å². The molecule has 1 aliphatic rings. The van der Waals surface area contributed by atoms with Crippen LogP contribution >= 0.6 is 0 Å². The summed E-state index contributed by atoms with van der Waals surface area (Å²) >= 11 is 0. The minimum atomic E-state index is -0.943. The second-order valence-corrected chi connectivity index (χ2v) is 11.3. The molecule has 0 radical (unpaired) electrons. The lowest BCUT2D eigenvalue weighted by Crippen LogP contribution is -2.18. The second-order valence-electron chi connectivity index (χ2n) is 11.3. The van der Waals surface area contributed by atoms with Crippen molar-refractivity contribution in [1.82, 2.24) is 0 Å². The first-order chi connectivity index (χ1) is 23.9. The van der Waals surface area contributed by atoms with Crippen molar-refractivity contribution in [2.24, 2.45) is 0 Å². The van der Waals surface area contributed by atoms with Gasteiger partial charge in [0.1, 0.15) is 36.2 Å². The average molecular weight is 665 g/mol. The number of carbonyl (C=O) groups is 2. The second kappa shape index (κ2) is 15.0. The monoisotopic (exact) mass is 664 g/mol. The molecule has 0 amide bonds. The lowest BCUT2D eigenvalue weighted by atomic mass is 9.81. The van der Waals surface area contributed by atoms with Crippen molar-refractivity contribution in [2.45, 2.75) is 33.0 Å². The van der Waals surface area contributed by atoms with Gasteiger partial charge in [-0.2, -0.15) is 0 Å². The van der Waals surface area contributed by atoms with Crippen LogP contribution in [0.3, 0.4) is 0 Å². The van der Waals surface area contributed by atoms with E-state index in [-0.39, 0.29) is 37.3 Å². The summed E-state index contributed by atoms with van der Waals surface area (Å²) in [7, 11) is 4.57. The summed E-state index contributed by atoms with van der Waals surface area (Å²) in [5.41, 5.74) is 5.31. The number of rotatable bonds is 11. The zero-order valence-electron chi connectivity index (χ0n) is 27.7. The van der Waals surface area contributed by atoms with Crippen molar-refractivity contribution in [3.8, 4) is 39.9 Å². The van der Waals surface area contributed by atoms with Crippen LogP contribution in [0.2, 0.25) is 0 Å². The maximum Gasteiger partial charge on any atom is 0.514 e. The standard InChI is InChI=1S/C39H36O10/c1-24-19-27-15-16-28-33(32(27)31(20-24)44-4)37(49-39(41)46-22-26-13-9-6-10-14-26)35-30(47-23-42-2)18-17-29(43-3)34(35)36(28)48-38(40)45-21-25-11-7-5-8-12-25/h5-14,17-20H,15-16,21-23H2,1-4H3. The van der Waals surface area contributed by atoms with E-state index in [1.54, 1.807) is 19.2 Å². The molecule has 6 rings (SSSR count). The van der Waals surface area contributed by atoms with E-state index < -0.39 is 12.3 Å². The van der Waals surface area contributed by atoms with Gasteiger partial charge in [-0.05, 0) is 60.2 Å². The maximum absolute atomic E-state index is 13.5. The molecule has 0 unspecified atom stereocenters. The van der Waals surface area contributed by atoms with Gasteiger partial charge in [-0.3, -0.25) is 0 Å². The van der Waals surface area contributed by atoms with Crippen molar-refractivity contribution >= 4 is 23.1 Å². The summed E-state index contributed by atoms with van der Waals surface area (Å²) in [6.07, 6.45) is -0.854. The van der Waals surface area contributed by atoms with E-state index in [0.717, 1.165) is 22.3 Å². The first-order valence-electron chi connectivity index (χ1n) is 15.7. The third-order valence-corrected chi connectivity index (χ3v) is 8.15. The van der Waals surface area contributed by atoms with E-state index in [9.17, 15) is 9.59 Å². The number of fused-ring (bicyclic) bond motifs is 4. The molecule has 49 heavy (non-hydrogen) atoms. The normalized spacial score (nSPS) is 11.6. The van der Waals surface area contributed by atoms with Gasteiger partial charge in [0.25, 0.3) is 0 Å². The van der Waals surface area contributed by atoms with Crippen LogP contribution in [-0.2, 0) is 40.3 Å². The molecule has 0 atom stereocenters. The van der Waals surface area contributed by atoms with E-state index in [2.05, 4.69) is 6.07 Å². The molecule has 0 fully saturated rings. The first-order valence-corrected chi connectivity index (χ1v) is 15.7. The van der Waals surface area contributed by atoms with Crippen molar-refractivity contribution in [1.29, 1.82) is 0 Å². The summed E-state index contributed by atoms with van der Waals surface area (Å²) in [4.78, 5) is 26.9. The summed E-state index contributed by atoms with van der Waals surface area (Å²) < 4.78 is 46.4. The Morgan fingerprint density at radius 2 is 1.20 bits per heavy atom. The van der Waals surface area contributed by atoms with Crippen LogP contribution in [-0.4, -0.2) is 40.4 Å². The lowest BCUT2D eigenvalue weighted by molar-refractivity contribution is 0.0520. The minimum Gasteiger partial charge on any atom is -0.496 e. The average Bonchev–Trinajstić information content (AvgIpc) is 3.13. The van der Waals surface area contributed by atoms with Gasteiger partial charge in [-0.15, -0.1) is 0 Å². The van der Waals surface area contributed by atoms with Crippen LogP contribution in [0.1, 0.15) is 27.8 Å². The molecule has 0 N–H and O–H groups in total. The van der Waals surface area contributed by atoms with E-state index in [1.807, 2.05) is 73.7 Å². The number of aryl methyl sites for hydroxylation is 2. The van der Waals surface area contributed by atoms with Crippen LogP contribution in [0.25, 0.3) is 21.9 Å². The minimum absolute atomic E-state index is 0.00349. The molecule has 0 saturated carbocycles. The Morgan fingerprint density at radius 3 is 1.80 bits per heavy atom. The molecular weight excluding hydrogens is 628 g/mol. The van der Waals surface area contributed by atoms with Crippen molar-refractivity contribution in [3.05, 3.63) is 113 Å². The summed E-state index contributed by atoms with van der Waals surface area (Å²) in [6, 6.07) is 25.9. The number of carbonyl (C=O) groups excluding carboxylic acids is 2. The Kier molecular flexibility index (Phi) is 10.2. The lowest BCUT2D eigenvalue weighted by Gasteiger charge is -2.28. The third kappa shape index (κ3) is 7.09. The number of hydrogen-bond donors (Lipinski definition) is 0. The molecule has 10 nitrogen and oxygen atoms in total. The largest absolute Gasteiger partial charge is 0.514 e. The highest BCUT2D eigenvalue weighted by Crippen LogP contribution is 2.56. The molecule has 0 aromatic heterocycles. The van der Waals surface area contributed by atoms with E-state index in [4.69, 9.17) is 37.9 Å². The SMILES string of the molecule is COCOc1ccc(OC)c2c(OC(=O)OCc3ccccc3)c3c(c(OC(=O)OCc4ccccc4)c12)-c1c(cc(C)cc1OC)CC3. The molecule has 0 aliphatic heterocycles. The molecule has 10 heteroatoms. The molecular formula is C39H36O10. The van der Waals surface area contributed by atoms with Gasteiger partial charge in [0.05, 0.1) is 25.0 Å². The van der Waals surface area contributed by atoms with E-state index in [0.29, 0.717) is 51.8 Å². The van der Waals surface area contributed by atoms with Gasteiger partial charge >= 0.3 is 12.3 Å². The van der Waals surface area contributed by atoms with Gasteiger partial charge in [-0.1, -0.05) is 66.7 Å². The van der Waals surface area contributed by atoms with Crippen molar-refractivity contribution < 1.29 is 47.5 Å². The van der Waals surface area contributed by atoms with Crippen LogP contribution in [0.5, 0.6) is 28.7 Å². The molecule has 0 heterocycles. The molecule has 5 aromatic rings. The highest BCUT2D eigenvalue weighted by molar-refractivity contribution is 6.10. The molecule has 0 saturated heterocycles. The predicted molar refractivity (Wildman–Crippen MR) is 182 cm³/mol. The Balaban J connectivity index is 1.57. The third-order valence-electron chi connectivity index (χ3n) is 8.15. The fourth-order valence-corrected chi connectivity index (χ4v) is 6.06. The van der Waals surface area contributed by atoms with E-state index in [1.165, 1.54) is 14.2 Å². The predicted octanol–water partition coefficient (Wildman–Crippen LogP) is 8.34. The Hall–Kier alpha value is -5.74. The topological polar surface area (TPSA) is 108 Å². The number of methoxy groups -OCH3 is 3. The Morgan fingerprint density at radius 1 is 0.633 bits per heavy atom.